The van der Waals surface area contributed by atoms with Crippen LogP contribution in [0.15, 0.2) is 48.6 Å². The van der Waals surface area contributed by atoms with Crippen LogP contribution in [0, 0.1) is 0 Å². The molecule has 0 heterocycles. The summed E-state index contributed by atoms with van der Waals surface area (Å²) in [6, 6.07) is -0.770. The van der Waals surface area contributed by atoms with Gasteiger partial charge in [0, 0.05) is 0 Å². The van der Waals surface area contributed by atoms with E-state index >= 15 is 0 Å². The number of hydrogen-bond donors (Lipinski definition) is 4. The first kappa shape index (κ1) is 58.3. The van der Waals surface area contributed by atoms with Crippen LogP contribution in [-0.2, 0) is 4.79 Å². The molecule has 0 rings (SSSR count). The van der Waals surface area contributed by atoms with E-state index in [1.54, 1.807) is 6.08 Å². The summed E-state index contributed by atoms with van der Waals surface area (Å²) in [7, 11) is 0. The highest BCUT2D eigenvalue weighted by Gasteiger charge is 2.20. The zero-order valence-electron chi connectivity index (χ0n) is 40.1. The molecule has 60 heavy (non-hydrogen) atoms. The summed E-state index contributed by atoms with van der Waals surface area (Å²) in [6.07, 6.45) is 65.7. The van der Waals surface area contributed by atoms with Gasteiger partial charge < -0.3 is 20.6 Å². The molecule has 0 aromatic rings. The molecule has 0 saturated carbocycles. The van der Waals surface area contributed by atoms with Crippen LogP contribution in [0.2, 0.25) is 0 Å². The zero-order valence-corrected chi connectivity index (χ0v) is 40.1. The average Bonchev–Trinajstić information content (AvgIpc) is 3.24. The Morgan fingerprint density at radius 1 is 0.417 bits per heavy atom. The number of aliphatic hydroxyl groups is 3. The SMILES string of the molecule is CCCCCCCCCCCCC/C=C/CC/C=C/CC/C=C/C(O)C(CO)NC(=O)CC(O)CCCCCCCCCC/C=C\CCCCCCCCCCCCCC. The molecule has 1 amide bonds. The van der Waals surface area contributed by atoms with Gasteiger partial charge in [-0.25, -0.2) is 0 Å². The Bertz CT molecular complexity index is 974. The minimum atomic E-state index is -0.962. The molecule has 5 nitrogen and oxygen atoms in total. The summed E-state index contributed by atoms with van der Waals surface area (Å²) >= 11 is 0. The number of aliphatic hydroxyl groups excluding tert-OH is 3. The second kappa shape index (κ2) is 50.0. The van der Waals surface area contributed by atoms with Crippen molar-refractivity contribution in [3.8, 4) is 0 Å². The van der Waals surface area contributed by atoms with Crippen molar-refractivity contribution in [2.75, 3.05) is 6.61 Å². The van der Waals surface area contributed by atoms with E-state index in [0.717, 1.165) is 38.5 Å². The predicted molar refractivity (Wildman–Crippen MR) is 264 cm³/mol. The maximum Gasteiger partial charge on any atom is 0.222 e. The van der Waals surface area contributed by atoms with Crippen LogP contribution in [0.5, 0.6) is 0 Å². The van der Waals surface area contributed by atoms with E-state index in [2.05, 4.69) is 55.6 Å². The monoisotopic (exact) mass is 842 g/mol. The molecule has 0 radical (unpaired) electrons. The predicted octanol–water partition coefficient (Wildman–Crippen LogP) is 16.1. The van der Waals surface area contributed by atoms with Crippen molar-refractivity contribution in [1.29, 1.82) is 0 Å². The van der Waals surface area contributed by atoms with Gasteiger partial charge in [0.1, 0.15) is 0 Å². The van der Waals surface area contributed by atoms with Gasteiger partial charge in [0.05, 0.1) is 31.3 Å². The number of carbonyl (C=O) groups excluding carboxylic acids is 1. The molecule has 352 valence electrons. The second-order valence-corrected chi connectivity index (χ2v) is 18.1. The van der Waals surface area contributed by atoms with Crippen LogP contribution in [0.4, 0.5) is 0 Å². The fraction of sp³-hybridized carbons (Fsp3) is 0.836. The lowest BCUT2D eigenvalue weighted by molar-refractivity contribution is -0.124. The normalized spacial score (nSPS) is 13.8. The highest BCUT2D eigenvalue weighted by molar-refractivity contribution is 5.76. The Hall–Kier alpha value is -1.69. The first-order valence-corrected chi connectivity index (χ1v) is 26.4. The van der Waals surface area contributed by atoms with Gasteiger partial charge in [-0.1, -0.05) is 242 Å². The van der Waals surface area contributed by atoms with Crippen molar-refractivity contribution >= 4 is 5.91 Å². The van der Waals surface area contributed by atoms with E-state index in [1.807, 2.05) is 6.08 Å². The van der Waals surface area contributed by atoms with Gasteiger partial charge in [-0.3, -0.25) is 4.79 Å². The molecule has 0 aromatic carbocycles. The molecule has 0 spiro atoms. The summed E-state index contributed by atoms with van der Waals surface area (Å²) in [5, 5.41) is 33.4. The molecule has 0 fully saturated rings. The van der Waals surface area contributed by atoms with Crippen LogP contribution in [0.25, 0.3) is 0 Å². The number of rotatable bonds is 48. The lowest BCUT2D eigenvalue weighted by atomic mass is 10.0. The van der Waals surface area contributed by atoms with E-state index in [9.17, 15) is 20.1 Å². The van der Waals surface area contributed by atoms with Gasteiger partial charge in [0.2, 0.25) is 5.91 Å². The number of amides is 1. The highest BCUT2D eigenvalue weighted by atomic mass is 16.3. The molecule has 0 aliphatic rings. The number of hydrogen-bond acceptors (Lipinski definition) is 4. The molecule has 0 aromatic heterocycles. The van der Waals surface area contributed by atoms with Crippen molar-refractivity contribution in [1.82, 2.24) is 5.32 Å². The van der Waals surface area contributed by atoms with Gasteiger partial charge >= 0.3 is 0 Å². The van der Waals surface area contributed by atoms with Crippen LogP contribution >= 0.6 is 0 Å². The van der Waals surface area contributed by atoms with Crippen molar-refractivity contribution in [2.45, 2.75) is 289 Å². The quantitative estimate of drug-likeness (QED) is 0.0363. The third kappa shape index (κ3) is 45.8. The third-order valence-electron chi connectivity index (χ3n) is 12.1. The molecule has 0 bridgehead atoms. The summed E-state index contributed by atoms with van der Waals surface area (Å²) in [6.45, 7) is 4.22. The number of carbonyl (C=O) groups is 1. The molecule has 5 heteroatoms. The van der Waals surface area contributed by atoms with Crippen LogP contribution < -0.4 is 5.32 Å². The van der Waals surface area contributed by atoms with E-state index < -0.39 is 18.2 Å². The Balaban J connectivity index is 3.66. The van der Waals surface area contributed by atoms with Crippen molar-refractivity contribution in [3.05, 3.63) is 48.6 Å². The minimum Gasteiger partial charge on any atom is -0.394 e. The summed E-state index contributed by atoms with van der Waals surface area (Å²) in [4.78, 5) is 12.5. The Labute approximate surface area is 374 Å². The topological polar surface area (TPSA) is 89.8 Å². The number of nitrogens with one attached hydrogen (secondary N) is 1. The largest absolute Gasteiger partial charge is 0.394 e. The maximum absolute atomic E-state index is 12.5. The van der Waals surface area contributed by atoms with Crippen molar-refractivity contribution in [3.63, 3.8) is 0 Å². The number of allylic oxidation sites excluding steroid dienone is 7. The zero-order chi connectivity index (χ0) is 43.7. The lowest BCUT2D eigenvalue weighted by Gasteiger charge is -2.21. The van der Waals surface area contributed by atoms with Gasteiger partial charge in [-0.2, -0.15) is 0 Å². The number of unbranched alkanes of at least 4 members (excludes halogenated alkanes) is 33. The average molecular weight is 842 g/mol. The third-order valence-corrected chi connectivity index (χ3v) is 12.1. The molecule has 0 saturated heterocycles. The van der Waals surface area contributed by atoms with E-state index in [-0.39, 0.29) is 18.9 Å². The standard InChI is InChI=1S/C55H103NO4/c1-3-5-7-9-11-13-15-17-19-21-23-25-26-27-29-30-32-34-36-38-40-42-44-46-48-52(58)50-55(60)56-53(51-57)54(59)49-47-45-43-41-39-37-35-33-31-28-24-22-20-18-16-14-12-10-8-6-4-2/h27,29,31,33,39,41,47,49,52-54,57-59H,3-26,28,30,32,34-38,40,42-46,48,50-51H2,1-2H3,(H,56,60)/b29-27-,33-31+,41-39+,49-47+. The Morgan fingerprint density at radius 3 is 1.07 bits per heavy atom. The van der Waals surface area contributed by atoms with Crippen LogP contribution in [0.3, 0.4) is 0 Å². The van der Waals surface area contributed by atoms with Crippen molar-refractivity contribution in [2.24, 2.45) is 0 Å². The van der Waals surface area contributed by atoms with Crippen molar-refractivity contribution < 1.29 is 20.1 Å². The van der Waals surface area contributed by atoms with Crippen LogP contribution in [-0.4, -0.2) is 46.1 Å². The molecule has 0 aliphatic heterocycles. The fourth-order valence-electron chi connectivity index (χ4n) is 8.01. The maximum atomic E-state index is 12.5. The summed E-state index contributed by atoms with van der Waals surface area (Å²) < 4.78 is 0. The van der Waals surface area contributed by atoms with Gasteiger partial charge in [0.25, 0.3) is 0 Å². The minimum absolute atomic E-state index is 0.0000776. The molecular weight excluding hydrogens is 739 g/mol. The Morgan fingerprint density at radius 2 is 0.717 bits per heavy atom. The summed E-state index contributed by atoms with van der Waals surface area (Å²) in [5.74, 6) is -0.330. The van der Waals surface area contributed by atoms with Crippen LogP contribution in [0.1, 0.15) is 271 Å². The first-order chi connectivity index (χ1) is 29.5. The van der Waals surface area contributed by atoms with Gasteiger partial charge in [-0.15, -0.1) is 0 Å². The summed E-state index contributed by atoms with van der Waals surface area (Å²) in [5.41, 5.74) is 0. The lowest BCUT2D eigenvalue weighted by Crippen LogP contribution is -2.45. The molecule has 4 N–H and O–H groups in total. The second-order valence-electron chi connectivity index (χ2n) is 18.1. The van der Waals surface area contributed by atoms with E-state index in [4.69, 9.17) is 0 Å². The van der Waals surface area contributed by atoms with Gasteiger partial charge in [0.15, 0.2) is 0 Å². The van der Waals surface area contributed by atoms with E-state index in [0.29, 0.717) is 6.42 Å². The molecule has 3 unspecified atom stereocenters. The fourth-order valence-corrected chi connectivity index (χ4v) is 8.01. The molecule has 0 aliphatic carbocycles. The first-order valence-electron chi connectivity index (χ1n) is 26.4. The highest BCUT2D eigenvalue weighted by Crippen LogP contribution is 2.16. The van der Waals surface area contributed by atoms with E-state index in [1.165, 1.54) is 205 Å². The molecular formula is C55H103NO4. The smallest absolute Gasteiger partial charge is 0.222 e. The molecule has 3 atom stereocenters. The van der Waals surface area contributed by atoms with Gasteiger partial charge in [-0.05, 0) is 70.6 Å². The Kier molecular flexibility index (Phi) is 48.6.